The topological polar surface area (TPSA) is 65.2 Å². The van der Waals surface area contributed by atoms with E-state index in [0.717, 1.165) is 10.7 Å². The van der Waals surface area contributed by atoms with Crippen molar-refractivity contribution in [3.05, 3.63) is 45.9 Å². The van der Waals surface area contributed by atoms with E-state index < -0.39 is 0 Å². The molecule has 0 bridgehead atoms. The SMILES string of the molecule is CC(C)(C)c1csc(COC(=O)c2cccc(N)c2)n1. The molecule has 2 rings (SSSR count). The third-order valence-corrected chi connectivity index (χ3v) is 3.59. The van der Waals surface area contributed by atoms with E-state index in [4.69, 9.17) is 10.5 Å². The molecule has 0 fully saturated rings. The van der Waals surface area contributed by atoms with E-state index >= 15 is 0 Å². The Hall–Kier alpha value is -1.88. The molecule has 0 spiro atoms. The minimum Gasteiger partial charge on any atom is -0.455 e. The average Bonchev–Trinajstić information content (AvgIpc) is 2.84. The third-order valence-electron chi connectivity index (χ3n) is 2.77. The van der Waals surface area contributed by atoms with Crippen molar-refractivity contribution in [1.82, 2.24) is 4.98 Å². The smallest absolute Gasteiger partial charge is 0.338 e. The lowest BCUT2D eigenvalue weighted by molar-refractivity contribution is 0.0472. The first-order valence-electron chi connectivity index (χ1n) is 6.34. The summed E-state index contributed by atoms with van der Waals surface area (Å²) < 4.78 is 5.25. The number of carbonyl (C=O) groups is 1. The molecule has 1 heterocycles. The minimum absolute atomic E-state index is 0.00659. The molecule has 0 saturated heterocycles. The molecule has 0 aliphatic heterocycles. The predicted octanol–water partition coefficient (Wildman–Crippen LogP) is 3.38. The second-order valence-electron chi connectivity index (χ2n) is 5.58. The number of nitrogens with two attached hydrogens (primary N) is 1. The van der Waals surface area contributed by atoms with Gasteiger partial charge in [-0.15, -0.1) is 11.3 Å². The molecule has 1 aromatic carbocycles. The van der Waals surface area contributed by atoms with Crippen LogP contribution >= 0.6 is 11.3 Å². The summed E-state index contributed by atoms with van der Waals surface area (Å²) in [5.74, 6) is -0.384. The summed E-state index contributed by atoms with van der Waals surface area (Å²) >= 11 is 1.50. The number of aromatic nitrogens is 1. The zero-order chi connectivity index (χ0) is 14.8. The monoisotopic (exact) mass is 290 g/mol. The number of rotatable bonds is 3. The molecule has 0 radical (unpaired) electrons. The highest BCUT2D eigenvalue weighted by molar-refractivity contribution is 7.09. The van der Waals surface area contributed by atoms with Crippen LogP contribution in [0.15, 0.2) is 29.6 Å². The predicted molar refractivity (Wildman–Crippen MR) is 80.8 cm³/mol. The number of hydrogen-bond acceptors (Lipinski definition) is 5. The average molecular weight is 290 g/mol. The van der Waals surface area contributed by atoms with Gasteiger partial charge >= 0.3 is 5.97 Å². The lowest BCUT2D eigenvalue weighted by Crippen LogP contribution is -2.12. The summed E-state index contributed by atoms with van der Waals surface area (Å²) in [7, 11) is 0. The zero-order valence-corrected chi connectivity index (χ0v) is 12.7. The highest BCUT2D eigenvalue weighted by atomic mass is 32.1. The molecule has 106 valence electrons. The Kier molecular flexibility index (Phi) is 4.09. The van der Waals surface area contributed by atoms with Crippen molar-refractivity contribution in [1.29, 1.82) is 0 Å². The van der Waals surface area contributed by atoms with E-state index in [0.29, 0.717) is 11.3 Å². The van der Waals surface area contributed by atoms with Gasteiger partial charge in [0.1, 0.15) is 11.6 Å². The Labute approximate surface area is 122 Å². The van der Waals surface area contributed by atoms with Crippen LogP contribution < -0.4 is 5.73 Å². The standard InChI is InChI=1S/C15H18N2O2S/c1-15(2,3)12-9-20-13(17-12)8-19-14(18)10-5-4-6-11(16)7-10/h4-7,9H,8,16H2,1-3H3. The van der Waals surface area contributed by atoms with Crippen molar-refractivity contribution in [2.24, 2.45) is 0 Å². The second kappa shape index (κ2) is 5.63. The van der Waals surface area contributed by atoms with Gasteiger partial charge in [0.25, 0.3) is 0 Å². The highest BCUT2D eigenvalue weighted by Crippen LogP contribution is 2.24. The Morgan fingerprint density at radius 2 is 2.15 bits per heavy atom. The largest absolute Gasteiger partial charge is 0.455 e. The van der Waals surface area contributed by atoms with Crippen LogP contribution in [-0.4, -0.2) is 11.0 Å². The molecular weight excluding hydrogens is 272 g/mol. The summed E-state index contributed by atoms with van der Waals surface area (Å²) in [5.41, 5.74) is 7.66. The number of carbonyl (C=O) groups excluding carboxylic acids is 1. The summed E-state index contributed by atoms with van der Waals surface area (Å²) in [6.07, 6.45) is 0. The first-order valence-corrected chi connectivity index (χ1v) is 7.22. The lowest BCUT2D eigenvalue weighted by Gasteiger charge is -2.14. The maximum absolute atomic E-state index is 11.9. The van der Waals surface area contributed by atoms with Crippen molar-refractivity contribution in [3.63, 3.8) is 0 Å². The maximum atomic E-state index is 11.9. The number of ether oxygens (including phenoxy) is 1. The van der Waals surface area contributed by atoms with Gasteiger partial charge < -0.3 is 10.5 Å². The van der Waals surface area contributed by atoms with E-state index in [1.54, 1.807) is 24.3 Å². The Balaban J connectivity index is 1.99. The van der Waals surface area contributed by atoms with Crippen LogP contribution in [0.2, 0.25) is 0 Å². The fourth-order valence-corrected chi connectivity index (χ4v) is 2.53. The number of thiazole rings is 1. The van der Waals surface area contributed by atoms with Crippen molar-refractivity contribution < 1.29 is 9.53 Å². The molecule has 0 saturated carbocycles. The van der Waals surface area contributed by atoms with Crippen LogP contribution in [-0.2, 0) is 16.8 Å². The van der Waals surface area contributed by atoms with Gasteiger partial charge in [0.15, 0.2) is 0 Å². The van der Waals surface area contributed by atoms with Crippen molar-refractivity contribution in [3.8, 4) is 0 Å². The van der Waals surface area contributed by atoms with Gasteiger partial charge in [-0.05, 0) is 18.2 Å². The van der Waals surface area contributed by atoms with E-state index in [2.05, 4.69) is 25.8 Å². The van der Waals surface area contributed by atoms with Crippen LogP contribution in [0.25, 0.3) is 0 Å². The van der Waals surface area contributed by atoms with Crippen molar-refractivity contribution >= 4 is 23.0 Å². The molecule has 0 atom stereocenters. The third kappa shape index (κ3) is 3.57. The molecule has 1 aromatic heterocycles. The number of hydrogen-bond donors (Lipinski definition) is 1. The fourth-order valence-electron chi connectivity index (χ4n) is 1.60. The number of anilines is 1. The van der Waals surface area contributed by atoms with Crippen LogP contribution in [0, 0.1) is 0 Å². The van der Waals surface area contributed by atoms with Crippen LogP contribution in [0.1, 0.15) is 41.8 Å². The number of nitrogen functional groups attached to an aromatic ring is 1. The molecule has 0 unspecified atom stereocenters. The van der Waals surface area contributed by atoms with Gasteiger partial charge in [0.2, 0.25) is 0 Å². The Morgan fingerprint density at radius 1 is 1.40 bits per heavy atom. The van der Waals surface area contributed by atoms with Gasteiger partial charge in [0.05, 0.1) is 11.3 Å². The van der Waals surface area contributed by atoms with Gasteiger partial charge in [-0.25, -0.2) is 9.78 Å². The minimum atomic E-state index is -0.384. The van der Waals surface area contributed by atoms with E-state index in [-0.39, 0.29) is 18.0 Å². The van der Waals surface area contributed by atoms with Crippen LogP contribution in [0.5, 0.6) is 0 Å². The second-order valence-corrected chi connectivity index (χ2v) is 6.52. The molecule has 2 aromatic rings. The first-order chi connectivity index (χ1) is 9.36. The molecule has 4 nitrogen and oxygen atoms in total. The molecule has 20 heavy (non-hydrogen) atoms. The highest BCUT2D eigenvalue weighted by Gasteiger charge is 2.18. The van der Waals surface area contributed by atoms with E-state index in [1.807, 2.05) is 5.38 Å². The number of benzene rings is 1. The maximum Gasteiger partial charge on any atom is 0.338 e. The summed E-state index contributed by atoms with van der Waals surface area (Å²) in [5, 5.41) is 2.80. The number of nitrogens with zero attached hydrogens (tertiary/aromatic N) is 1. The summed E-state index contributed by atoms with van der Waals surface area (Å²) in [4.78, 5) is 16.4. The molecule has 2 N–H and O–H groups in total. The van der Waals surface area contributed by atoms with Gasteiger partial charge in [-0.2, -0.15) is 0 Å². The molecule has 0 aliphatic carbocycles. The van der Waals surface area contributed by atoms with Gasteiger partial charge in [-0.1, -0.05) is 26.8 Å². The van der Waals surface area contributed by atoms with Crippen LogP contribution in [0.3, 0.4) is 0 Å². The Bertz CT molecular complexity index is 614. The van der Waals surface area contributed by atoms with Gasteiger partial charge in [0, 0.05) is 16.5 Å². The van der Waals surface area contributed by atoms with Gasteiger partial charge in [-0.3, -0.25) is 0 Å². The molecule has 5 heteroatoms. The number of esters is 1. The van der Waals surface area contributed by atoms with Crippen molar-refractivity contribution in [2.45, 2.75) is 32.8 Å². The van der Waals surface area contributed by atoms with E-state index in [1.165, 1.54) is 11.3 Å². The molecule has 0 aliphatic rings. The van der Waals surface area contributed by atoms with Crippen LogP contribution in [0.4, 0.5) is 5.69 Å². The fraction of sp³-hybridized carbons (Fsp3) is 0.333. The summed E-state index contributed by atoms with van der Waals surface area (Å²) in [6.45, 7) is 6.49. The summed E-state index contributed by atoms with van der Waals surface area (Å²) in [6, 6.07) is 6.74. The Morgan fingerprint density at radius 3 is 2.75 bits per heavy atom. The normalized spacial score (nSPS) is 11.3. The van der Waals surface area contributed by atoms with Crippen molar-refractivity contribution in [2.75, 3.05) is 5.73 Å². The van der Waals surface area contributed by atoms with E-state index in [9.17, 15) is 4.79 Å². The quantitative estimate of drug-likeness (QED) is 0.695. The molecular formula is C15H18N2O2S. The molecule has 0 amide bonds. The lowest BCUT2D eigenvalue weighted by atomic mass is 9.93. The zero-order valence-electron chi connectivity index (χ0n) is 11.8. The first kappa shape index (κ1) is 14.5.